The SMILES string of the molecule is Cc1cccc(-c2cccc(N=C(C(=CN)C(=O)O)C(F)(F)F)n2)c1OC(C)c1ccc(C2CCN(C(=O)C3CC3)CC2)cc1. The Morgan fingerprint density at radius 2 is 1.71 bits per heavy atom. The Balaban J connectivity index is 1.34. The molecule has 2 fully saturated rings. The number of alkyl halides is 3. The second-order valence-electron chi connectivity index (χ2n) is 11.5. The molecule has 2 heterocycles. The number of halogens is 3. The van der Waals surface area contributed by atoms with Crippen LogP contribution in [0.15, 0.2) is 77.4 Å². The van der Waals surface area contributed by atoms with Gasteiger partial charge in [0.1, 0.15) is 17.4 Å². The number of ether oxygens (including phenoxy) is 1. The van der Waals surface area contributed by atoms with Gasteiger partial charge < -0.3 is 20.5 Å². The van der Waals surface area contributed by atoms with Gasteiger partial charge in [-0.1, -0.05) is 42.5 Å². The van der Waals surface area contributed by atoms with Gasteiger partial charge >= 0.3 is 12.1 Å². The number of hydrogen-bond donors (Lipinski definition) is 2. The van der Waals surface area contributed by atoms with Crippen LogP contribution in [-0.4, -0.2) is 51.8 Å². The minimum Gasteiger partial charge on any atom is -0.485 e. The zero-order valence-electron chi connectivity index (χ0n) is 25.1. The van der Waals surface area contributed by atoms with Crippen LogP contribution in [0.25, 0.3) is 11.3 Å². The third-order valence-corrected chi connectivity index (χ3v) is 8.27. The number of nitrogens with zero attached hydrogens (tertiary/aromatic N) is 3. The van der Waals surface area contributed by atoms with Crippen molar-refractivity contribution in [3.05, 3.63) is 89.1 Å². The van der Waals surface area contributed by atoms with Gasteiger partial charge in [0.25, 0.3) is 0 Å². The van der Waals surface area contributed by atoms with Gasteiger partial charge in [-0.2, -0.15) is 13.2 Å². The number of rotatable bonds is 9. The maximum absolute atomic E-state index is 13.7. The van der Waals surface area contributed by atoms with E-state index < -0.39 is 23.4 Å². The summed E-state index contributed by atoms with van der Waals surface area (Å²) in [5.41, 5.74) is 6.17. The summed E-state index contributed by atoms with van der Waals surface area (Å²) >= 11 is 0. The van der Waals surface area contributed by atoms with E-state index in [1.54, 1.807) is 18.2 Å². The van der Waals surface area contributed by atoms with E-state index in [1.807, 2.05) is 36.9 Å². The lowest BCUT2D eigenvalue weighted by atomic mass is 9.88. The number of piperidine rings is 1. The molecule has 236 valence electrons. The molecule has 1 amide bonds. The number of hydrogen-bond acceptors (Lipinski definition) is 6. The number of amides is 1. The van der Waals surface area contributed by atoms with Gasteiger partial charge in [-0.15, -0.1) is 0 Å². The first-order valence-corrected chi connectivity index (χ1v) is 14.9. The zero-order valence-corrected chi connectivity index (χ0v) is 25.1. The highest BCUT2D eigenvalue weighted by atomic mass is 19.4. The van der Waals surface area contributed by atoms with E-state index in [0.717, 1.165) is 49.9 Å². The largest absolute Gasteiger partial charge is 0.485 e. The molecular weight excluding hydrogens is 585 g/mol. The number of carbonyl (C=O) groups excluding carboxylic acids is 1. The zero-order chi connectivity index (χ0) is 32.3. The van der Waals surface area contributed by atoms with Gasteiger partial charge in [0.2, 0.25) is 5.91 Å². The number of pyridine rings is 1. The quantitative estimate of drug-likeness (QED) is 0.199. The molecule has 3 N–H and O–H groups in total. The Bertz CT molecular complexity index is 1620. The van der Waals surface area contributed by atoms with E-state index in [4.69, 9.17) is 10.5 Å². The Labute approximate surface area is 259 Å². The molecule has 5 rings (SSSR count). The molecule has 2 aliphatic rings. The Kier molecular flexibility index (Phi) is 9.27. The van der Waals surface area contributed by atoms with Crippen molar-refractivity contribution in [2.24, 2.45) is 16.6 Å². The molecule has 3 aromatic rings. The van der Waals surface area contributed by atoms with E-state index in [-0.39, 0.29) is 17.8 Å². The van der Waals surface area contributed by atoms with Gasteiger partial charge in [-0.3, -0.25) is 4.79 Å². The molecule has 0 spiro atoms. The predicted octanol–water partition coefficient (Wildman–Crippen LogP) is 6.88. The lowest BCUT2D eigenvalue weighted by molar-refractivity contribution is -0.134. The summed E-state index contributed by atoms with van der Waals surface area (Å²) in [4.78, 5) is 33.6. The number of aliphatic carboxylic acids is 1. The van der Waals surface area contributed by atoms with Gasteiger partial charge in [0, 0.05) is 30.8 Å². The van der Waals surface area contributed by atoms with Crippen LogP contribution >= 0.6 is 0 Å². The summed E-state index contributed by atoms with van der Waals surface area (Å²) in [5, 5.41) is 9.21. The molecule has 1 atom stereocenters. The van der Waals surface area contributed by atoms with E-state index in [1.165, 1.54) is 17.7 Å². The number of carboxylic acids is 1. The van der Waals surface area contributed by atoms with Crippen molar-refractivity contribution in [2.45, 2.75) is 57.7 Å². The van der Waals surface area contributed by atoms with Crippen LogP contribution in [-0.2, 0) is 9.59 Å². The number of para-hydroxylation sites is 1. The standard InChI is InChI=1S/C34H35F3N4O4/c1-20-5-3-6-26(28-7-4-8-29(39-28)40-31(34(35,36)37)27(19-38)33(43)44)30(20)45-21(2)22-9-11-23(12-10-22)24-15-17-41(18-16-24)32(42)25-13-14-25/h3-12,19,21,24-25H,13-18,38H2,1-2H3,(H,43,44). The average molecular weight is 621 g/mol. The number of nitrogens with two attached hydrogens (primary N) is 1. The highest BCUT2D eigenvalue weighted by molar-refractivity contribution is 6.21. The predicted molar refractivity (Wildman–Crippen MR) is 164 cm³/mol. The number of likely N-dealkylation sites (tertiary alicyclic amines) is 1. The van der Waals surface area contributed by atoms with Crippen molar-refractivity contribution in [2.75, 3.05) is 13.1 Å². The fourth-order valence-electron chi connectivity index (χ4n) is 5.59. The van der Waals surface area contributed by atoms with Crippen molar-refractivity contribution < 1.29 is 32.6 Å². The summed E-state index contributed by atoms with van der Waals surface area (Å²) < 4.78 is 47.5. The second-order valence-corrected chi connectivity index (χ2v) is 11.5. The summed E-state index contributed by atoms with van der Waals surface area (Å²) in [6.07, 6.45) is -1.15. The van der Waals surface area contributed by atoms with Crippen molar-refractivity contribution in [1.82, 2.24) is 9.88 Å². The molecule has 0 bridgehead atoms. The minimum absolute atomic E-state index is 0.248. The molecule has 1 saturated carbocycles. The highest BCUT2D eigenvalue weighted by Crippen LogP contribution is 2.38. The fraction of sp³-hybridized carbons (Fsp3) is 0.353. The Hall–Kier alpha value is -4.67. The fourth-order valence-corrected chi connectivity index (χ4v) is 5.59. The topological polar surface area (TPSA) is 118 Å². The number of aryl methyl sites for hydroxylation is 1. The van der Waals surface area contributed by atoms with Gasteiger partial charge in [-0.05, 0) is 80.3 Å². The van der Waals surface area contributed by atoms with Crippen LogP contribution in [0.1, 0.15) is 61.3 Å². The Morgan fingerprint density at radius 1 is 1.04 bits per heavy atom. The number of aliphatic imine (C=N–C) groups is 1. The summed E-state index contributed by atoms with van der Waals surface area (Å²) in [5.74, 6) is -0.725. The summed E-state index contributed by atoms with van der Waals surface area (Å²) in [6.45, 7) is 5.37. The first-order chi connectivity index (χ1) is 21.5. The van der Waals surface area contributed by atoms with Crippen LogP contribution in [0.4, 0.5) is 19.0 Å². The van der Waals surface area contributed by atoms with E-state index in [9.17, 15) is 27.9 Å². The third kappa shape index (κ3) is 7.35. The summed E-state index contributed by atoms with van der Waals surface area (Å²) in [6, 6.07) is 18.1. The van der Waals surface area contributed by atoms with Crippen molar-refractivity contribution >= 4 is 23.4 Å². The van der Waals surface area contributed by atoms with Crippen LogP contribution < -0.4 is 10.5 Å². The van der Waals surface area contributed by atoms with E-state index >= 15 is 0 Å². The molecule has 1 aromatic heterocycles. The molecule has 1 aliphatic carbocycles. The molecular formula is C34H35F3N4O4. The van der Waals surface area contributed by atoms with E-state index in [2.05, 4.69) is 22.1 Å². The second kappa shape index (κ2) is 13.1. The minimum atomic E-state index is -5.07. The molecule has 2 aromatic carbocycles. The summed E-state index contributed by atoms with van der Waals surface area (Å²) in [7, 11) is 0. The van der Waals surface area contributed by atoms with Crippen LogP contribution in [0, 0.1) is 12.8 Å². The molecule has 0 radical (unpaired) electrons. The molecule has 1 aliphatic heterocycles. The molecule has 11 heteroatoms. The van der Waals surface area contributed by atoms with Crippen LogP contribution in [0.5, 0.6) is 5.75 Å². The smallest absolute Gasteiger partial charge is 0.434 e. The van der Waals surface area contributed by atoms with E-state index in [0.29, 0.717) is 35.0 Å². The maximum atomic E-state index is 13.7. The number of carbonyl (C=O) groups is 2. The number of carboxylic acid groups (broad SMARTS) is 1. The van der Waals surface area contributed by atoms with Gasteiger partial charge in [0.05, 0.1) is 5.69 Å². The first kappa shape index (κ1) is 31.7. The van der Waals surface area contributed by atoms with Crippen molar-refractivity contribution in [1.29, 1.82) is 0 Å². The number of aromatic nitrogens is 1. The molecule has 45 heavy (non-hydrogen) atoms. The lowest BCUT2D eigenvalue weighted by Gasteiger charge is -2.32. The normalized spacial score (nSPS) is 17.2. The van der Waals surface area contributed by atoms with Crippen LogP contribution in [0.3, 0.4) is 0 Å². The van der Waals surface area contributed by atoms with Crippen molar-refractivity contribution in [3.8, 4) is 17.0 Å². The average Bonchev–Trinajstić information content (AvgIpc) is 3.87. The van der Waals surface area contributed by atoms with Crippen molar-refractivity contribution in [3.63, 3.8) is 0 Å². The lowest BCUT2D eigenvalue weighted by Crippen LogP contribution is -2.38. The Morgan fingerprint density at radius 3 is 2.31 bits per heavy atom. The number of benzene rings is 2. The first-order valence-electron chi connectivity index (χ1n) is 14.9. The maximum Gasteiger partial charge on any atom is 0.434 e. The molecule has 1 saturated heterocycles. The highest BCUT2D eigenvalue weighted by Gasteiger charge is 2.41. The third-order valence-electron chi connectivity index (χ3n) is 8.27. The van der Waals surface area contributed by atoms with Crippen LogP contribution in [0.2, 0.25) is 0 Å². The molecule has 8 nitrogen and oxygen atoms in total. The van der Waals surface area contributed by atoms with Gasteiger partial charge in [-0.25, -0.2) is 14.8 Å². The molecule has 1 unspecified atom stereocenters. The van der Waals surface area contributed by atoms with Gasteiger partial charge in [0.15, 0.2) is 11.5 Å². The monoisotopic (exact) mass is 620 g/mol.